The number of amides is 1. The Morgan fingerprint density at radius 3 is 2.00 bits per heavy atom. The second-order valence-corrected chi connectivity index (χ2v) is 7.90. The van der Waals surface area contributed by atoms with Crippen LogP contribution < -0.4 is 14.4 Å². The van der Waals surface area contributed by atoms with E-state index in [1.807, 2.05) is 0 Å². The predicted octanol–water partition coefficient (Wildman–Crippen LogP) is 2.67. The third kappa shape index (κ3) is 6.27. The van der Waals surface area contributed by atoms with E-state index in [1.165, 1.54) is 12.1 Å². The molecule has 0 radical (unpaired) electrons. The molecule has 1 aliphatic heterocycles. The van der Waals surface area contributed by atoms with Crippen molar-refractivity contribution >= 4 is 22.3 Å². The van der Waals surface area contributed by atoms with Gasteiger partial charge in [-0.15, -0.1) is 13.2 Å². The zero-order valence-electron chi connectivity index (χ0n) is 16.5. The van der Waals surface area contributed by atoms with Crippen LogP contribution in [0.1, 0.15) is 6.92 Å². The zero-order chi connectivity index (χ0) is 22.6. The van der Waals surface area contributed by atoms with Crippen LogP contribution in [-0.4, -0.2) is 57.9 Å². The van der Waals surface area contributed by atoms with Crippen molar-refractivity contribution in [1.29, 1.82) is 0 Å². The molecule has 168 valence electrons. The van der Waals surface area contributed by atoms with Gasteiger partial charge < -0.3 is 19.3 Å². The maximum Gasteiger partial charge on any atom is 0.573 e. The van der Waals surface area contributed by atoms with Crippen LogP contribution in [0, 0.1) is 0 Å². The molecule has 31 heavy (non-hydrogen) atoms. The lowest BCUT2D eigenvalue weighted by molar-refractivity contribution is -0.274. The Balaban J connectivity index is 1.51. The van der Waals surface area contributed by atoms with E-state index < -0.39 is 23.2 Å². The molecule has 0 bridgehead atoms. The second kappa shape index (κ2) is 9.46. The molecule has 1 heterocycles. The van der Waals surface area contributed by atoms with Crippen molar-refractivity contribution in [2.75, 3.05) is 31.1 Å². The van der Waals surface area contributed by atoms with Gasteiger partial charge in [0.1, 0.15) is 11.5 Å². The minimum Gasteiger partial charge on any atom is -0.481 e. The Hall–Kier alpha value is -2.95. The average molecular weight is 458 g/mol. The first-order chi connectivity index (χ1) is 14.6. The van der Waals surface area contributed by atoms with Crippen molar-refractivity contribution in [2.24, 2.45) is 0 Å². The van der Waals surface area contributed by atoms with Gasteiger partial charge in [-0.2, -0.15) is 0 Å². The van der Waals surface area contributed by atoms with Gasteiger partial charge in [-0.3, -0.25) is 4.79 Å². The maximum atomic E-state index is 12.7. The van der Waals surface area contributed by atoms with Gasteiger partial charge in [0.15, 0.2) is 16.8 Å². The van der Waals surface area contributed by atoms with E-state index in [-0.39, 0.29) is 22.3 Å². The van der Waals surface area contributed by atoms with Crippen molar-refractivity contribution in [3.8, 4) is 11.5 Å². The molecule has 0 aromatic heterocycles. The number of piperazine rings is 1. The molecule has 3 rings (SSSR count). The average Bonchev–Trinajstić information content (AvgIpc) is 2.74. The number of halogens is 3. The SMILES string of the molecule is CC(Oc1ccc(OC(F)(F)F)cc1)C(=O)N1CCN(c2ccc([SH](=O)=O)cc2)CC1. The van der Waals surface area contributed by atoms with Crippen molar-refractivity contribution in [3.05, 3.63) is 48.5 Å². The molecular weight excluding hydrogens is 437 g/mol. The molecule has 1 atom stereocenters. The number of hydrogen-bond donors (Lipinski definition) is 1. The number of nitrogens with zero attached hydrogens (tertiary/aromatic N) is 2. The Kier molecular flexibility index (Phi) is 6.94. The summed E-state index contributed by atoms with van der Waals surface area (Å²) in [7, 11) is -2.62. The van der Waals surface area contributed by atoms with Gasteiger partial charge in [-0.05, 0) is 55.5 Å². The van der Waals surface area contributed by atoms with E-state index in [4.69, 9.17) is 4.74 Å². The first kappa shape index (κ1) is 22.7. The summed E-state index contributed by atoms with van der Waals surface area (Å²) in [5.74, 6) is -0.343. The van der Waals surface area contributed by atoms with Crippen LogP contribution in [0.4, 0.5) is 18.9 Å². The summed E-state index contributed by atoms with van der Waals surface area (Å²) in [6, 6.07) is 11.4. The lowest BCUT2D eigenvalue weighted by Crippen LogP contribution is -2.52. The fourth-order valence-electron chi connectivity index (χ4n) is 3.20. The van der Waals surface area contributed by atoms with Gasteiger partial charge in [0.2, 0.25) is 0 Å². The molecule has 0 spiro atoms. The first-order valence-corrected chi connectivity index (χ1v) is 10.6. The summed E-state index contributed by atoms with van der Waals surface area (Å²) in [5, 5.41) is 0. The predicted molar refractivity (Wildman–Crippen MR) is 107 cm³/mol. The van der Waals surface area contributed by atoms with Crippen molar-refractivity contribution in [1.82, 2.24) is 4.90 Å². The van der Waals surface area contributed by atoms with Gasteiger partial charge in [-0.25, -0.2) is 8.42 Å². The molecule has 1 saturated heterocycles. The molecule has 0 saturated carbocycles. The number of rotatable bonds is 6. The van der Waals surface area contributed by atoms with Crippen LogP contribution in [0.3, 0.4) is 0 Å². The van der Waals surface area contributed by atoms with Crippen LogP contribution in [0.25, 0.3) is 0 Å². The Bertz CT molecular complexity index is 962. The first-order valence-electron chi connectivity index (χ1n) is 9.43. The number of alkyl halides is 3. The molecule has 2 aromatic carbocycles. The maximum absolute atomic E-state index is 12.7. The lowest BCUT2D eigenvalue weighted by atomic mass is 10.2. The molecular formula is C20H21F3N2O5S. The van der Waals surface area contributed by atoms with Gasteiger partial charge in [0.25, 0.3) is 5.91 Å². The summed E-state index contributed by atoms with van der Waals surface area (Å²) in [6.07, 6.45) is -5.58. The number of anilines is 1. The highest BCUT2D eigenvalue weighted by atomic mass is 32.2. The molecule has 1 fully saturated rings. The summed E-state index contributed by atoms with van der Waals surface area (Å²) >= 11 is 0. The monoisotopic (exact) mass is 458 g/mol. The van der Waals surface area contributed by atoms with Gasteiger partial charge in [-0.1, -0.05) is 0 Å². The van der Waals surface area contributed by atoms with E-state index >= 15 is 0 Å². The number of benzene rings is 2. The number of thiol groups is 1. The highest BCUT2D eigenvalue weighted by molar-refractivity contribution is 7.72. The van der Waals surface area contributed by atoms with E-state index in [9.17, 15) is 26.4 Å². The smallest absolute Gasteiger partial charge is 0.481 e. The molecule has 0 aliphatic carbocycles. The van der Waals surface area contributed by atoms with Gasteiger partial charge in [0.05, 0.1) is 4.90 Å². The van der Waals surface area contributed by atoms with Crippen LogP contribution in [0.5, 0.6) is 11.5 Å². The molecule has 7 nitrogen and oxygen atoms in total. The van der Waals surface area contributed by atoms with Crippen LogP contribution in [-0.2, 0) is 15.5 Å². The number of hydrogen-bond acceptors (Lipinski definition) is 6. The van der Waals surface area contributed by atoms with Crippen LogP contribution >= 0.6 is 0 Å². The van der Waals surface area contributed by atoms with Crippen LogP contribution in [0.15, 0.2) is 53.4 Å². The summed E-state index contributed by atoms with van der Waals surface area (Å²) in [4.78, 5) is 16.6. The summed E-state index contributed by atoms with van der Waals surface area (Å²) in [6.45, 7) is 3.65. The zero-order valence-corrected chi connectivity index (χ0v) is 17.4. The third-order valence-corrected chi connectivity index (χ3v) is 5.45. The number of carbonyl (C=O) groups is 1. The quantitative estimate of drug-likeness (QED) is 0.671. The molecule has 11 heteroatoms. The topological polar surface area (TPSA) is 76.2 Å². The normalized spacial score (nSPS) is 15.6. The van der Waals surface area contributed by atoms with Crippen molar-refractivity contribution < 1.29 is 35.9 Å². The highest BCUT2D eigenvalue weighted by Gasteiger charge is 2.31. The van der Waals surface area contributed by atoms with E-state index in [0.29, 0.717) is 26.2 Å². The Labute approximate surface area is 178 Å². The largest absolute Gasteiger partial charge is 0.573 e. The molecule has 1 aliphatic rings. The third-order valence-electron chi connectivity index (χ3n) is 4.73. The van der Waals surface area contributed by atoms with Crippen molar-refractivity contribution in [3.63, 3.8) is 0 Å². The van der Waals surface area contributed by atoms with E-state index in [1.54, 1.807) is 36.1 Å². The summed E-state index contributed by atoms with van der Waals surface area (Å²) < 4.78 is 68.0. The fourth-order valence-corrected chi connectivity index (χ4v) is 3.59. The minimum absolute atomic E-state index is 0.228. The molecule has 1 unspecified atom stereocenters. The molecule has 2 aromatic rings. The van der Waals surface area contributed by atoms with E-state index in [2.05, 4.69) is 9.64 Å². The number of ether oxygens (including phenoxy) is 2. The van der Waals surface area contributed by atoms with E-state index in [0.717, 1.165) is 17.8 Å². The van der Waals surface area contributed by atoms with Gasteiger partial charge >= 0.3 is 6.36 Å². The molecule has 0 N–H and O–H groups in total. The minimum atomic E-state index is -4.77. The Morgan fingerprint density at radius 2 is 1.48 bits per heavy atom. The molecule has 1 amide bonds. The fraction of sp³-hybridized carbons (Fsp3) is 0.350. The standard InChI is InChI=1S/C20H21F3N2O5S/c1-14(29-16-4-6-17(7-5-16)30-20(21,22)23)19(26)25-12-10-24(11-13-25)15-2-8-18(9-3-15)31(27)28/h2-9,14,31H,10-13H2,1H3. The van der Waals surface area contributed by atoms with Crippen LogP contribution in [0.2, 0.25) is 0 Å². The Morgan fingerprint density at radius 1 is 0.935 bits per heavy atom. The highest BCUT2D eigenvalue weighted by Crippen LogP contribution is 2.25. The lowest BCUT2D eigenvalue weighted by Gasteiger charge is -2.37. The second-order valence-electron chi connectivity index (χ2n) is 6.87. The number of carbonyl (C=O) groups excluding carboxylic acids is 1. The van der Waals surface area contributed by atoms with Gasteiger partial charge in [0, 0.05) is 31.9 Å². The van der Waals surface area contributed by atoms with Crippen molar-refractivity contribution in [2.45, 2.75) is 24.3 Å². The summed E-state index contributed by atoms with van der Waals surface area (Å²) in [5.41, 5.74) is 0.873.